The zero-order chi connectivity index (χ0) is 23.3. The lowest BCUT2D eigenvalue weighted by Crippen LogP contribution is -2.22. The third-order valence-corrected chi connectivity index (χ3v) is 7.69. The minimum absolute atomic E-state index is 0.112. The molecule has 0 spiro atoms. The zero-order valence-electron chi connectivity index (χ0n) is 18.5. The Labute approximate surface area is 193 Å². The molecule has 3 aromatic rings. The summed E-state index contributed by atoms with van der Waals surface area (Å²) in [6.07, 6.45) is 0.983. The molecular weight excluding hydrogens is 446 g/mol. The van der Waals surface area contributed by atoms with Gasteiger partial charge in [-0.1, -0.05) is 44.2 Å². The van der Waals surface area contributed by atoms with Crippen molar-refractivity contribution in [2.24, 2.45) is 0 Å². The van der Waals surface area contributed by atoms with Crippen molar-refractivity contribution in [1.82, 2.24) is 9.29 Å². The number of carbonyl (C=O) groups is 1. The average molecular weight is 474 g/mol. The molecule has 1 heterocycles. The van der Waals surface area contributed by atoms with Crippen LogP contribution in [-0.4, -0.2) is 44.3 Å². The Balaban J connectivity index is 1.63. The highest BCUT2D eigenvalue weighted by Crippen LogP contribution is 2.29. The number of anilines is 1. The molecule has 9 heteroatoms. The summed E-state index contributed by atoms with van der Waals surface area (Å²) in [6.45, 7) is 4.13. The lowest BCUT2D eigenvalue weighted by Gasteiger charge is -2.15. The van der Waals surface area contributed by atoms with E-state index in [1.807, 2.05) is 29.6 Å². The Morgan fingerprint density at radius 1 is 1.16 bits per heavy atom. The number of rotatable bonds is 9. The Kier molecular flexibility index (Phi) is 7.65. The maximum atomic E-state index is 12.4. The normalized spacial score (nSPS) is 12.5. The largest absolute Gasteiger partial charge is 0.483 e. The van der Waals surface area contributed by atoms with Gasteiger partial charge in [0.25, 0.3) is 5.91 Å². The minimum atomic E-state index is -3.48. The number of thiazole rings is 1. The molecule has 7 nitrogen and oxygen atoms in total. The van der Waals surface area contributed by atoms with Gasteiger partial charge in [0.2, 0.25) is 10.0 Å². The number of para-hydroxylation sites is 1. The van der Waals surface area contributed by atoms with Crippen molar-refractivity contribution in [3.05, 3.63) is 59.5 Å². The van der Waals surface area contributed by atoms with Gasteiger partial charge < -0.3 is 4.74 Å². The molecule has 0 aliphatic carbocycles. The van der Waals surface area contributed by atoms with E-state index in [0.29, 0.717) is 22.5 Å². The van der Waals surface area contributed by atoms with Crippen LogP contribution in [0.3, 0.4) is 0 Å². The van der Waals surface area contributed by atoms with Crippen LogP contribution in [0.15, 0.2) is 58.8 Å². The van der Waals surface area contributed by atoms with E-state index in [0.717, 1.165) is 17.5 Å². The van der Waals surface area contributed by atoms with Crippen LogP contribution >= 0.6 is 11.3 Å². The standard InChI is InChI=1S/C23H27N3O4S2/c1-5-16(2)19-8-6-7-9-21(19)30-14-22(27)25-23-24-20(15-31-23)17-10-12-18(13-11-17)32(28,29)26(3)4/h6-13,15-16H,5,14H2,1-4H3,(H,24,25,27). The second-order valence-corrected chi connectivity index (χ2v) is 10.5. The summed E-state index contributed by atoms with van der Waals surface area (Å²) in [7, 11) is -0.499. The van der Waals surface area contributed by atoms with Crippen LogP contribution in [0.25, 0.3) is 11.3 Å². The summed E-state index contributed by atoms with van der Waals surface area (Å²) in [5.74, 6) is 0.761. The smallest absolute Gasteiger partial charge is 0.264 e. The minimum Gasteiger partial charge on any atom is -0.483 e. The van der Waals surface area contributed by atoms with E-state index < -0.39 is 10.0 Å². The van der Waals surface area contributed by atoms with Gasteiger partial charge in [0.15, 0.2) is 11.7 Å². The lowest BCUT2D eigenvalue weighted by atomic mass is 9.98. The number of aromatic nitrogens is 1. The predicted molar refractivity (Wildman–Crippen MR) is 128 cm³/mol. The van der Waals surface area contributed by atoms with Crippen LogP contribution < -0.4 is 10.1 Å². The molecule has 1 atom stereocenters. The number of nitrogens with zero attached hydrogens (tertiary/aromatic N) is 2. The van der Waals surface area contributed by atoms with Gasteiger partial charge in [0.1, 0.15) is 5.75 Å². The van der Waals surface area contributed by atoms with Crippen LogP contribution in [0.2, 0.25) is 0 Å². The van der Waals surface area contributed by atoms with Crippen LogP contribution in [0, 0.1) is 0 Å². The molecule has 32 heavy (non-hydrogen) atoms. The van der Waals surface area contributed by atoms with E-state index >= 15 is 0 Å². The fraction of sp³-hybridized carbons (Fsp3) is 0.304. The molecule has 1 unspecified atom stereocenters. The SMILES string of the molecule is CCC(C)c1ccccc1OCC(=O)Nc1nc(-c2ccc(S(=O)(=O)N(C)C)cc2)cs1. The molecule has 0 saturated heterocycles. The molecule has 170 valence electrons. The third-order valence-electron chi connectivity index (χ3n) is 5.10. The van der Waals surface area contributed by atoms with E-state index in [2.05, 4.69) is 24.1 Å². The van der Waals surface area contributed by atoms with Crippen molar-refractivity contribution >= 4 is 32.4 Å². The molecule has 1 N–H and O–H groups in total. The van der Waals surface area contributed by atoms with Crippen molar-refractivity contribution < 1.29 is 17.9 Å². The van der Waals surface area contributed by atoms with E-state index in [9.17, 15) is 13.2 Å². The van der Waals surface area contributed by atoms with Gasteiger partial charge >= 0.3 is 0 Å². The number of ether oxygens (including phenoxy) is 1. The molecule has 0 bridgehead atoms. The van der Waals surface area contributed by atoms with Crippen LogP contribution in [0.4, 0.5) is 5.13 Å². The fourth-order valence-corrected chi connectivity index (χ4v) is 4.65. The second-order valence-electron chi connectivity index (χ2n) is 7.53. The highest BCUT2D eigenvalue weighted by atomic mass is 32.2. The van der Waals surface area contributed by atoms with Gasteiger partial charge in [-0.15, -0.1) is 11.3 Å². The number of benzene rings is 2. The second kappa shape index (κ2) is 10.2. The summed E-state index contributed by atoms with van der Waals surface area (Å²) in [4.78, 5) is 17.0. The number of amides is 1. The summed E-state index contributed by atoms with van der Waals surface area (Å²) in [6, 6.07) is 14.2. The van der Waals surface area contributed by atoms with Gasteiger partial charge in [-0.05, 0) is 36.1 Å². The molecule has 0 radical (unpaired) electrons. The van der Waals surface area contributed by atoms with Crippen molar-refractivity contribution in [2.75, 3.05) is 26.0 Å². The molecule has 2 aromatic carbocycles. The van der Waals surface area contributed by atoms with E-state index in [-0.39, 0.29) is 17.4 Å². The van der Waals surface area contributed by atoms with Crippen molar-refractivity contribution in [3.63, 3.8) is 0 Å². The van der Waals surface area contributed by atoms with Crippen LogP contribution in [-0.2, 0) is 14.8 Å². The zero-order valence-corrected chi connectivity index (χ0v) is 20.2. The third kappa shape index (κ3) is 5.53. The summed E-state index contributed by atoms with van der Waals surface area (Å²) < 4.78 is 31.3. The average Bonchev–Trinajstić information content (AvgIpc) is 3.25. The highest BCUT2D eigenvalue weighted by molar-refractivity contribution is 7.89. The maximum Gasteiger partial charge on any atom is 0.264 e. The van der Waals surface area contributed by atoms with Crippen LogP contribution in [0.1, 0.15) is 31.7 Å². The van der Waals surface area contributed by atoms with Gasteiger partial charge in [0, 0.05) is 25.0 Å². The summed E-state index contributed by atoms with van der Waals surface area (Å²) in [5, 5.41) is 5.02. The van der Waals surface area contributed by atoms with Gasteiger partial charge in [-0.25, -0.2) is 17.7 Å². The number of hydrogen-bond donors (Lipinski definition) is 1. The Morgan fingerprint density at radius 2 is 1.84 bits per heavy atom. The molecule has 0 aliphatic rings. The first-order valence-corrected chi connectivity index (χ1v) is 12.5. The molecule has 1 aromatic heterocycles. The molecule has 1 amide bonds. The van der Waals surface area contributed by atoms with Crippen molar-refractivity contribution in [1.29, 1.82) is 0 Å². The monoisotopic (exact) mass is 473 g/mol. The number of hydrogen-bond acceptors (Lipinski definition) is 6. The van der Waals surface area contributed by atoms with Crippen molar-refractivity contribution in [2.45, 2.75) is 31.1 Å². The maximum absolute atomic E-state index is 12.4. The van der Waals surface area contributed by atoms with Gasteiger partial charge in [-0.3, -0.25) is 10.1 Å². The topological polar surface area (TPSA) is 88.6 Å². The molecule has 0 saturated carbocycles. The quantitative estimate of drug-likeness (QED) is 0.491. The van der Waals surface area contributed by atoms with E-state index in [4.69, 9.17) is 4.74 Å². The fourth-order valence-electron chi connectivity index (χ4n) is 3.01. The summed E-state index contributed by atoms with van der Waals surface area (Å²) in [5.41, 5.74) is 2.50. The molecule has 0 fully saturated rings. The van der Waals surface area contributed by atoms with E-state index in [1.54, 1.807) is 24.3 Å². The van der Waals surface area contributed by atoms with Crippen molar-refractivity contribution in [3.8, 4) is 17.0 Å². The predicted octanol–water partition coefficient (Wildman–Crippen LogP) is 4.59. The lowest BCUT2D eigenvalue weighted by molar-refractivity contribution is -0.118. The first-order valence-electron chi connectivity index (χ1n) is 10.2. The van der Waals surface area contributed by atoms with E-state index in [1.165, 1.54) is 29.7 Å². The number of carbonyl (C=O) groups excluding carboxylic acids is 1. The Bertz CT molecular complexity index is 1170. The molecule has 0 aliphatic heterocycles. The van der Waals surface area contributed by atoms with Crippen LogP contribution in [0.5, 0.6) is 5.75 Å². The number of nitrogens with one attached hydrogen (secondary N) is 1. The molecule has 3 rings (SSSR count). The first kappa shape index (κ1) is 23.9. The highest BCUT2D eigenvalue weighted by Gasteiger charge is 2.17. The van der Waals surface area contributed by atoms with Gasteiger partial charge in [0.05, 0.1) is 10.6 Å². The Hall–Kier alpha value is -2.75. The number of sulfonamides is 1. The molecular formula is C23H27N3O4S2. The first-order chi connectivity index (χ1) is 15.2. The Morgan fingerprint density at radius 3 is 2.50 bits per heavy atom. The summed E-state index contributed by atoms with van der Waals surface area (Å²) >= 11 is 1.30. The van der Waals surface area contributed by atoms with Gasteiger partial charge in [-0.2, -0.15) is 0 Å².